The first-order valence-corrected chi connectivity index (χ1v) is 9.16. The van der Waals surface area contributed by atoms with Crippen LogP contribution < -0.4 is 4.90 Å². The maximum absolute atomic E-state index is 13.0. The average molecular weight is 350 g/mol. The molecule has 136 valence electrons. The molecule has 26 heavy (non-hydrogen) atoms. The van der Waals surface area contributed by atoms with Gasteiger partial charge in [-0.1, -0.05) is 48.5 Å². The summed E-state index contributed by atoms with van der Waals surface area (Å²) in [6.07, 6.45) is 0.646. The van der Waals surface area contributed by atoms with Gasteiger partial charge in [-0.15, -0.1) is 0 Å². The molecular formula is C22H26N2O2. The molecule has 4 nitrogen and oxygen atoms in total. The topological polar surface area (TPSA) is 40.6 Å². The molecule has 2 atom stereocenters. The lowest BCUT2D eigenvalue weighted by Crippen LogP contribution is -2.39. The third-order valence-electron chi connectivity index (χ3n) is 5.00. The van der Waals surface area contributed by atoms with Crippen molar-refractivity contribution in [1.82, 2.24) is 4.90 Å². The third kappa shape index (κ3) is 3.96. The van der Waals surface area contributed by atoms with Gasteiger partial charge in [-0.25, -0.2) is 0 Å². The molecule has 2 aromatic rings. The summed E-state index contributed by atoms with van der Waals surface area (Å²) in [7, 11) is 1.78. The molecule has 2 unspecified atom stereocenters. The normalized spacial score (nSPS) is 18.5. The molecule has 2 aromatic carbocycles. The number of carbonyl (C=O) groups is 2. The molecule has 0 aliphatic heterocycles. The number of nitrogens with zero attached hydrogens (tertiary/aromatic N) is 2. The molecule has 1 aliphatic carbocycles. The summed E-state index contributed by atoms with van der Waals surface area (Å²) in [4.78, 5) is 29.3. The summed E-state index contributed by atoms with van der Waals surface area (Å²) in [6, 6.07) is 19.7. The minimum atomic E-state index is -0.204. The van der Waals surface area contributed by atoms with Crippen molar-refractivity contribution in [2.24, 2.45) is 11.8 Å². The quantitative estimate of drug-likeness (QED) is 0.797. The summed E-state index contributed by atoms with van der Waals surface area (Å²) in [5, 5.41) is 0. The van der Waals surface area contributed by atoms with Gasteiger partial charge in [0.1, 0.15) is 0 Å². The Morgan fingerprint density at radius 3 is 2.04 bits per heavy atom. The molecule has 1 fully saturated rings. The summed E-state index contributed by atoms with van der Waals surface area (Å²) < 4.78 is 0. The third-order valence-corrected chi connectivity index (χ3v) is 5.00. The summed E-state index contributed by atoms with van der Waals surface area (Å²) in [5.41, 5.74) is 1.97. The number of carbonyl (C=O) groups excluding carboxylic acids is 2. The van der Waals surface area contributed by atoms with Crippen LogP contribution in [0.2, 0.25) is 0 Å². The Balaban J connectivity index is 1.65. The van der Waals surface area contributed by atoms with Crippen LogP contribution in [0.15, 0.2) is 60.7 Å². The van der Waals surface area contributed by atoms with Gasteiger partial charge >= 0.3 is 0 Å². The summed E-state index contributed by atoms with van der Waals surface area (Å²) >= 11 is 0. The zero-order valence-corrected chi connectivity index (χ0v) is 15.6. The minimum Gasteiger partial charge on any atom is -0.336 e. The van der Waals surface area contributed by atoms with Crippen molar-refractivity contribution in [3.63, 3.8) is 0 Å². The largest absolute Gasteiger partial charge is 0.336 e. The lowest BCUT2D eigenvalue weighted by molar-refractivity contribution is -0.136. The molecule has 0 spiro atoms. The number of hydrogen-bond acceptors (Lipinski definition) is 2. The number of rotatable bonds is 6. The van der Waals surface area contributed by atoms with E-state index in [2.05, 4.69) is 0 Å². The van der Waals surface area contributed by atoms with Crippen molar-refractivity contribution < 1.29 is 9.59 Å². The van der Waals surface area contributed by atoms with Crippen molar-refractivity contribution in [2.75, 3.05) is 11.9 Å². The number of hydrogen-bond donors (Lipinski definition) is 0. The molecule has 0 radical (unpaired) electrons. The highest BCUT2D eigenvalue weighted by Gasteiger charge is 2.50. The highest BCUT2D eigenvalue weighted by atomic mass is 16.2. The van der Waals surface area contributed by atoms with Crippen LogP contribution in [0.3, 0.4) is 0 Å². The highest BCUT2D eigenvalue weighted by molar-refractivity contribution is 6.00. The second-order valence-corrected chi connectivity index (χ2v) is 7.23. The van der Waals surface area contributed by atoms with Crippen molar-refractivity contribution >= 4 is 17.5 Å². The molecule has 2 amide bonds. The van der Waals surface area contributed by atoms with E-state index in [1.54, 1.807) is 11.9 Å². The lowest BCUT2D eigenvalue weighted by atomic mass is 10.1. The number of anilines is 1. The highest BCUT2D eigenvalue weighted by Crippen LogP contribution is 2.42. The van der Waals surface area contributed by atoms with E-state index < -0.39 is 0 Å². The van der Waals surface area contributed by atoms with Crippen LogP contribution in [-0.2, 0) is 16.1 Å². The second-order valence-electron chi connectivity index (χ2n) is 7.23. The molecule has 4 heteroatoms. The molecule has 1 aliphatic rings. The van der Waals surface area contributed by atoms with Gasteiger partial charge in [-0.2, -0.15) is 0 Å². The van der Waals surface area contributed by atoms with Crippen LogP contribution >= 0.6 is 0 Å². The van der Waals surface area contributed by atoms with Gasteiger partial charge in [-0.3, -0.25) is 9.59 Å². The number of benzene rings is 2. The van der Waals surface area contributed by atoms with Gasteiger partial charge in [0.05, 0.1) is 11.8 Å². The minimum absolute atomic E-state index is 0.0259. The van der Waals surface area contributed by atoms with Crippen molar-refractivity contribution in [3.05, 3.63) is 66.2 Å². The van der Waals surface area contributed by atoms with E-state index in [-0.39, 0.29) is 29.7 Å². The first kappa shape index (κ1) is 18.2. The van der Waals surface area contributed by atoms with E-state index in [1.165, 1.54) is 0 Å². The SMILES string of the molecule is CC(C)N(Cc1ccccc1)C(=O)C1CC1C(=O)N(C)c1ccccc1. The van der Waals surface area contributed by atoms with E-state index in [4.69, 9.17) is 0 Å². The van der Waals surface area contributed by atoms with Crippen LogP contribution in [0.4, 0.5) is 5.69 Å². The van der Waals surface area contributed by atoms with Gasteiger partial charge < -0.3 is 9.80 Å². The van der Waals surface area contributed by atoms with E-state index in [0.29, 0.717) is 13.0 Å². The van der Waals surface area contributed by atoms with E-state index in [1.807, 2.05) is 79.4 Å². The Bertz CT molecular complexity index is 758. The molecule has 0 bridgehead atoms. The smallest absolute Gasteiger partial charge is 0.230 e. The van der Waals surface area contributed by atoms with Crippen LogP contribution in [0.25, 0.3) is 0 Å². The zero-order valence-electron chi connectivity index (χ0n) is 15.6. The Kier molecular flexibility index (Phi) is 5.40. The Morgan fingerprint density at radius 1 is 0.923 bits per heavy atom. The van der Waals surface area contributed by atoms with Gasteiger partial charge in [0.25, 0.3) is 0 Å². The predicted molar refractivity (Wildman–Crippen MR) is 104 cm³/mol. The van der Waals surface area contributed by atoms with Crippen molar-refractivity contribution in [3.8, 4) is 0 Å². The van der Waals surface area contributed by atoms with Gasteiger partial charge in [0.2, 0.25) is 11.8 Å². The molecule has 0 N–H and O–H groups in total. The van der Waals surface area contributed by atoms with E-state index in [0.717, 1.165) is 11.3 Å². The van der Waals surface area contributed by atoms with Gasteiger partial charge in [0, 0.05) is 25.3 Å². The van der Waals surface area contributed by atoms with Crippen LogP contribution in [-0.4, -0.2) is 29.8 Å². The fraction of sp³-hybridized carbons (Fsp3) is 0.364. The first-order valence-electron chi connectivity index (χ1n) is 9.16. The standard InChI is InChI=1S/C22H26N2O2/c1-16(2)24(15-17-10-6-4-7-11-17)22(26)20-14-19(20)21(25)23(3)18-12-8-5-9-13-18/h4-13,16,19-20H,14-15H2,1-3H3. The van der Waals surface area contributed by atoms with E-state index in [9.17, 15) is 9.59 Å². The molecule has 0 heterocycles. The Morgan fingerprint density at radius 2 is 1.46 bits per heavy atom. The van der Waals surface area contributed by atoms with Gasteiger partial charge in [0.15, 0.2) is 0 Å². The average Bonchev–Trinajstić information content (AvgIpc) is 3.46. The predicted octanol–water partition coefficient (Wildman–Crippen LogP) is 3.72. The van der Waals surface area contributed by atoms with E-state index >= 15 is 0 Å². The Hall–Kier alpha value is -2.62. The lowest BCUT2D eigenvalue weighted by Gasteiger charge is -2.27. The first-order chi connectivity index (χ1) is 12.5. The summed E-state index contributed by atoms with van der Waals surface area (Å²) in [6.45, 7) is 4.63. The maximum Gasteiger partial charge on any atom is 0.230 e. The van der Waals surface area contributed by atoms with Crippen LogP contribution in [0.5, 0.6) is 0 Å². The van der Waals surface area contributed by atoms with Crippen molar-refractivity contribution in [2.45, 2.75) is 32.9 Å². The molecule has 0 saturated heterocycles. The number of para-hydroxylation sites is 1. The Labute approximate surface area is 155 Å². The maximum atomic E-state index is 13.0. The molecule has 3 rings (SSSR count). The molecule has 1 saturated carbocycles. The van der Waals surface area contributed by atoms with Crippen molar-refractivity contribution in [1.29, 1.82) is 0 Å². The summed E-state index contributed by atoms with van der Waals surface area (Å²) in [5.74, 6) is -0.286. The fourth-order valence-corrected chi connectivity index (χ4v) is 3.28. The monoisotopic (exact) mass is 350 g/mol. The molecular weight excluding hydrogens is 324 g/mol. The van der Waals surface area contributed by atoms with Crippen LogP contribution in [0.1, 0.15) is 25.8 Å². The molecule has 0 aromatic heterocycles. The zero-order chi connectivity index (χ0) is 18.7. The van der Waals surface area contributed by atoms with Gasteiger partial charge in [-0.05, 0) is 38.0 Å². The van der Waals surface area contributed by atoms with Crippen LogP contribution in [0, 0.1) is 11.8 Å². The second kappa shape index (κ2) is 7.73. The fourth-order valence-electron chi connectivity index (χ4n) is 3.28. The number of amides is 2.